The predicted molar refractivity (Wildman–Crippen MR) is 79.3 cm³/mol. The smallest absolute Gasteiger partial charge is 0.241 e. The number of likely N-dealkylation sites (tertiary alicyclic amines) is 1. The van der Waals surface area contributed by atoms with E-state index in [1.165, 1.54) is 0 Å². The Kier molecular flexibility index (Phi) is 4.32. The highest BCUT2D eigenvalue weighted by Gasteiger charge is 2.27. The molecule has 2 rings (SSSR count). The van der Waals surface area contributed by atoms with E-state index in [0.29, 0.717) is 22.3 Å². The summed E-state index contributed by atoms with van der Waals surface area (Å²) < 4.78 is 0. The fourth-order valence-corrected chi connectivity index (χ4v) is 2.53. The van der Waals surface area contributed by atoms with E-state index in [0.717, 1.165) is 19.5 Å². The number of amides is 1. The molecule has 0 aliphatic carbocycles. The summed E-state index contributed by atoms with van der Waals surface area (Å²) in [5.41, 5.74) is 6.93. The molecule has 5 heteroatoms. The number of rotatable bonds is 3. The minimum absolute atomic E-state index is 0.0388. The average Bonchev–Trinajstić information content (AvgIpc) is 2.79. The van der Waals surface area contributed by atoms with Gasteiger partial charge in [0, 0.05) is 11.6 Å². The Morgan fingerprint density at radius 1 is 1.58 bits per heavy atom. The summed E-state index contributed by atoms with van der Waals surface area (Å²) in [5.74, 6) is 0.620. The first-order valence-electron chi connectivity index (χ1n) is 6.57. The van der Waals surface area contributed by atoms with Gasteiger partial charge in [-0.05, 0) is 44.0 Å². The second-order valence-corrected chi connectivity index (χ2v) is 5.72. The molecule has 0 radical (unpaired) electrons. The maximum absolute atomic E-state index is 12.2. The van der Waals surface area contributed by atoms with Gasteiger partial charge in [-0.1, -0.05) is 18.5 Å². The third-order valence-electron chi connectivity index (χ3n) is 3.66. The van der Waals surface area contributed by atoms with Crippen LogP contribution in [0.3, 0.4) is 0 Å². The van der Waals surface area contributed by atoms with Crippen LogP contribution < -0.4 is 11.1 Å². The van der Waals surface area contributed by atoms with Gasteiger partial charge in [0.15, 0.2) is 0 Å². The number of nitrogens with two attached hydrogens (primary N) is 1. The molecule has 1 aliphatic heterocycles. The van der Waals surface area contributed by atoms with E-state index >= 15 is 0 Å². The van der Waals surface area contributed by atoms with Gasteiger partial charge in [0.25, 0.3) is 0 Å². The van der Waals surface area contributed by atoms with Crippen molar-refractivity contribution in [2.24, 2.45) is 5.92 Å². The summed E-state index contributed by atoms with van der Waals surface area (Å²) in [6.07, 6.45) is 1.15. The van der Waals surface area contributed by atoms with E-state index < -0.39 is 0 Å². The second kappa shape index (κ2) is 5.80. The SMILES string of the molecule is CC1CCN(C(C)C(=O)Nc2cc(Cl)ccc2N)C1. The van der Waals surface area contributed by atoms with Gasteiger partial charge in [-0.15, -0.1) is 0 Å². The number of nitrogens with one attached hydrogen (secondary N) is 1. The normalized spacial score (nSPS) is 21.3. The lowest BCUT2D eigenvalue weighted by Gasteiger charge is -2.23. The molecule has 1 amide bonds. The summed E-state index contributed by atoms with van der Waals surface area (Å²) in [4.78, 5) is 14.4. The molecule has 1 aliphatic rings. The average molecular weight is 282 g/mol. The monoisotopic (exact) mass is 281 g/mol. The lowest BCUT2D eigenvalue weighted by atomic mass is 10.2. The van der Waals surface area contributed by atoms with Crippen molar-refractivity contribution < 1.29 is 4.79 Å². The molecule has 4 nitrogen and oxygen atoms in total. The number of benzene rings is 1. The minimum atomic E-state index is -0.150. The Morgan fingerprint density at radius 3 is 2.95 bits per heavy atom. The fraction of sp³-hybridized carbons (Fsp3) is 0.500. The van der Waals surface area contributed by atoms with Crippen molar-refractivity contribution in [3.8, 4) is 0 Å². The van der Waals surface area contributed by atoms with Crippen LogP contribution in [-0.2, 0) is 4.79 Å². The van der Waals surface area contributed by atoms with Gasteiger partial charge >= 0.3 is 0 Å². The molecule has 104 valence electrons. The van der Waals surface area contributed by atoms with Crippen LogP contribution in [0.15, 0.2) is 18.2 Å². The second-order valence-electron chi connectivity index (χ2n) is 5.29. The summed E-state index contributed by atoms with van der Waals surface area (Å²) in [7, 11) is 0. The maximum atomic E-state index is 12.2. The summed E-state index contributed by atoms with van der Waals surface area (Å²) in [6.45, 7) is 6.08. The molecule has 2 atom stereocenters. The molecule has 0 saturated carbocycles. The Hall–Kier alpha value is -1.26. The van der Waals surface area contributed by atoms with Crippen LogP contribution in [0.4, 0.5) is 11.4 Å². The van der Waals surface area contributed by atoms with Crippen LogP contribution in [-0.4, -0.2) is 29.9 Å². The van der Waals surface area contributed by atoms with Crippen molar-refractivity contribution in [2.45, 2.75) is 26.3 Å². The number of hydrogen-bond acceptors (Lipinski definition) is 3. The van der Waals surface area contributed by atoms with E-state index in [2.05, 4.69) is 17.1 Å². The zero-order valence-electron chi connectivity index (χ0n) is 11.3. The third kappa shape index (κ3) is 3.39. The lowest BCUT2D eigenvalue weighted by molar-refractivity contribution is -0.120. The zero-order valence-corrected chi connectivity index (χ0v) is 12.1. The molecule has 1 aromatic carbocycles. The number of nitrogens with zero attached hydrogens (tertiary/aromatic N) is 1. The first-order valence-corrected chi connectivity index (χ1v) is 6.95. The maximum Gasteiger partial charge on any atom is 0.241 e. The Morgan fingerprint density at radius 2 is 2.32 bits per heavy atom. The molecule has 1 aromatic rings. The van der Waals surface area contributed by atoms with Crippen molar-refractivity contribution in [2.75, 3.05) is 24.1 Å². The van der Waals surface area contributed by atoms with Gasteiger partial charge in [-0.3, -0.25) is 9.69 Å². The molecule has 0 aromatic heterocycles. The first-order chi connectivity index (χ1) is 8.97. The van der Waals surface area contributed by atoms with Gasteiger partial charge in [0.05, 0.1) is 17.4 Å². The van der Waals surface area contributed by atoms with E-state index in [1.54, 1.807) is 18.2 Å². The van der Waals surface area contributed by atoms with Crippen molar-refractivity contribution in [3.63, 3.8) is 0 Å². The van der Waals surface area contributed by atoms with Gasteiger partial charge in [-0.2, -0.15) is 0 Å². The molecule has 19 heavy (non-hydrogen) atoms. The van der Waals surface area contributed by atoms with E-state index in [-0.39, 0.29) is 11.9 Å². The van der Waals surface area contributed by atoms with E-state index in [1.807, 2.05) is 6.92 Å². The van der Waals surface area contributed by atoms with Crippen LogP contribution >= 0.6 is 11.6 Å². The van der Waals surface area contributed by atoms with Gasteiger partial charge in [0.1, 0.15) is 0 Å². The third-order valence-corrected chi connectivity index (χ3v) is 3.89. The number of carbonyl (C=O) groups is 1. The van der Waals surface area contributed by atoms with Crippen LogP contribution in [0.2, 0.25) is 5.02 Å². The number of halogens is 1. The number of carbonyl (C=O) groups excluding carboxylic acids is 1. The molecular formula is C14H20ClN3O. The molecule has 1 saturated heterocycles. The van der Waals surface area contributed by atoms with Crippen molar-refractivity contribution in [3.05, 3.63) is 23.2 Å². The standard InChI is InChI=1S/C14H20ClN3O/c1-9-5-6-18(8-9)10(2)14(19)17-13-7-11(15)3-4-12(13)16/h3-4,7,9-10H,5-6,8,16H2,1-2H3,(H,17,19). The predicted octanol–water partition coefficient (Wildman–Crippen LogP) is 2.59. The molecule has 0 spiro atoms. The molecule has 2 unspecified atom stereocenters. The van der Waals surface area contributed by atoms with Crippen molar-refractivity contribution in [1.29, 1.82) is 0 Å². The highest BCUT2D eigenvalue weighted by Crippen LogP contribution is 2.24. The molecule has 1 fully saturated rings. The molecule has 1 heterocycles. The minimum Gasteiger partial charge on any atom is -0.397 e. The number of nitrogen functional groups attached to an aromatic ring is 1. The van der Waals surface area contributed by atoms with E-state index in [4.69, 9.17) is 17.3 Å². The quantitative estimate of drug-likeness (QED) is 0.837. The summed E-state index contributed by atoms with van der Waals surface area (Å²) in [5, 5.41) is 3.41. The molecule has 0 bridgehead atoms. The van der Waals surface area contributed by atoms with Gasteiger partial charge in [0.2, 0.25) is 5.91 Å². The van der Waals surface area contributed by atoms with Crippen molar-refractivity contribution in [1.82, 2.24) is 4.90 Å². The van der Waals surface area contributed by atoms with Crippen LogP contribution in [0.25, 0.3) is 0 Å². The number of hydrogen-bond donors (Lipinski definition) is 2. The lowest BCUT2D eigenvalue weighted by Crippen LogP contribution is -2.40. The fourth-order valence-electron chi connectivity index (χ4n) is 2.36. The summed E-state index contributed by atoms with van der Waals surface area (Å²) in [6, 6.07) is 4.93. The van der Waals surface area contributed by atoms with E-state index in [9.17, 15) is 4.79 Å². The van der Waals surface area contributed by atoms with Crippen LogP contribution in [0, 0.1) is 5.92 Å². The zero-order chi connectivity index (χ0) is 14.0. The number of anilines is 2. The van der Waals surface area contributed by atoms with Gasteiger partial charge in [-0.25, -0.2) is 0 Å². The van der Waals surface area contributed by atoms with Crippen LogP contribution in [0.5, 0.6) is 0 Å². The molecule has 3 N–H and O–H groups in total. The molecular weight excluding hydrogens is 262 g/mol. The topological polar surface area (TPSA) is 58.4 Å². The van der Waals surface area contributed by atoms with Crippen molar-refractivity contribution >= 4 is 28.9 Å². The Bertz CT molecular complexity index is 478. The highest BCUT2D eigenvalue weighted by atomic mass is 35.5. The summed E-state index contributed by atoms with van der Waals surface area (Å²) >= 11 is 5.91. The first kappa shape index (κ1) is 14.2. The Labute approximate surface area is 118 Å². The van der Waals surface area contributed by atoms with Crippen LogP contribution in [0.1, 0.15) is 20.3 Å². The Balaban J connectivity index is 2.02. The largest absolute Gasteiger partial charge is 0.397 e. The van der Waals surface area contributed by atoms with Gasteiger partial charge < -0.3 is 11.1 Å². The highest BCUT2D eigenvalue weighted by molar-refractivity contribution is 6.31.